The molecule has 3 aromatic carbocycles. The number of nitrogens with two attached hydrogens (primary N) is 1. The molecular formula is C25H22ClFN4O5S. The van der Waals surface area contributed by atoms with Gasteiger partial charge in [-0.15, -0.1) is 12.4 Å². The molecule has 0 fully saturated rings. The summed E-state index contributed by atoms with van der Waals surface area (Å²) in [5.74, 6) is -1.06. The topological polar surface area (TPSA) is 135 Å². The number of guanidine groups is 1. The van der Waals surface area contributed by atoms with E-state index in [4.69, 9.17) is 14.7 Å². The minimum Gasteiger partial charge on any atom is -0.497 e. The molecule has 1 aliphatic heterocycles. The summed E-state index contributed by atoms with van der Waals surface area (Å²) in [6.45, 7) is 0. The Balaban J connectivity index is 0.00000380. The number of halogens is 2. The lowest BCUT2D eigenvalue weighted by atomic mass is 9.78. The van der Waals surface area contributed by atoms with Crippen LogP contribution < -0.4 is 14.7 Å². The number of aliphatic imine (C=N–C) groups is 1. The highest BCUT2D eigenvalue weighted by atomic mass is 35.5. The van der Waals surface area contributed by atoms with Gasteiger partial charge in [-0.2, -0.15) is 13.7 Å². The van der Waals surface area contributed by atoms with Crippen LogP contribution in [0.3, 0.4) is 0 Å². The standard InChI is InChI=1S/C25H21FN4O5S.ClH/c1-30-23(31)25(29-24(30)28,16-7-5-9-18(13-16)35-36(3,32)33)20-10-11-21(26)22(19(20)14-27)15-6-4-8-17(12-15)34-2;/h4-13H,1-3H3,(H2,28,29);1H. The molecule has 0 bridgehead atoms. The highest BCUT2D eigenvalue weighted by molar-refractivity contribution is 7.86. The summed E-state index contributed by atoms with van der Waals surface area (Å²) < 4.78 is 48.9. The van der Waals surface area contributed by atoms with Crippen molar-refractivity contribution in [3.63, 3.8) is 0 Å². The lowest BCUT2D eigenvalue weighted by molar-refractivity contribution is -0.129. The molecule has 1 heterocycles. The summed E-state index contributed by atoms with van der Waals surface area (Å²) >= 11 is 0. The fourth-order valence-electron chi connectivity index (χ4n) is 4.16. The van der Waals surface area contributed by atoms with E-state index in [1.807, 2.05) is 6.07 Å². The average molecular weight is 545 g/mol. The van der Waals surface area contributed by atoms with Crippen molar-refractivity contribution in [1.29, 1.82) is 5.26 Å². The molecule has 2 N–H and O–H groups in total. The van der Waals surface area contributed by atoms with E-state index in [-0.39, 0.29) is 46.4 Å². The maximum Gasteiger partial charge on any atom is 0.306 e. The first-order valence-electron chi connectivity index (χ1n) is 10.5. The Hall–Kier alpha value is -4.14. The van der Waals surface area contributed by atoms with Gasteiger partial charge >= 0.3 is 10.1 Å². The maximum absolute atomic E-state index is 15.2. The summed E-state index contributed by atoms with van der Waals surface area (Å²) in [7, 11) is -0.999. The molecule has 4 rings (SSSR count). The molecule has 0 saturated heterocycles. The van der Waals surface area contributed by atoms with Crippen LogP contribution in [0.1, 0.15) is 16.7 Å². The Morgan fingerprint density at radius 2 is 1.78 bits per heavy atom. The van der Waals surface area contributed by atoms with E-state index in [9.17, 15) is 18.5 Å². The molecule has 12 heteroatoms. The lowest BCUT2D eigenvalue weighted by Crippen LogP contribution is -2.41. The first kappa shape index (κ1) is 27.4. The molecular weight excluding hydrogens is 523 g/mol. The van der Waals surface area contributed by atoms with Gasteiger partial charge in [0.15, 0.2) is 11.5 Å². The fraction of sp³-hybridized carbons (Fsp3) is 0.160. The van der Waals surface area contributed by atoms with Crippen molar-refractivity contribution in [2.24, 2.45) is 10.7 Å². The minimum atomic E-state index is -3.87. The zero-order valence-corrected chi connectivity index (χ0v) is 21.6. The van der Waals surface area contributed by atoms with Crippen molar-refractivity contribution >= 4 is 34.4 Å². The SMILES string of the molecule is COc1cccc(-c2c(F)ccc(C3(c4cccc(OS(C)(=O)=O)c4)N=C(N)N(C)C3=O)c2C#N)c1.Cl. The number of benzene rings is 3. The Kier molecular flexibility index (Phi) is 7.48. The Morgan fingerprint density at radius 1 is 1.11 bits per heavy atom. The van der Waals surface area contributed by atoms with Crippen LogP contribution in [0.2, 0.25) is 0 Å². The summed E-state index contributed by atoms with van der Waals surface area (Å²) in [5.41, 5.74) is 4.53. The van der Waals surface area contributed by atoms with Crippen LogP contribution in [0.25, 0.3) is 11.1 Å². The van der Waals surface area contributed by atoms with Crippen molar-refractivity contribution in [3.8, 4) is 28.7 Å². The highest BCUT2D eigenvalue weighted by Gasteiger charge is 2.51. The highest BCUT2D eigenvalue weighted by Crippen LogP contribution is 2.44. The van der Waals surface area contributed by atoms with Gasteiger partial charge < -0.3 is 14.7 Å². The number of nitriles is 1. The smallest absolute Gasteiger partial charge is 0.306 e. The first-order valence-corrected chi connectivity index (χ1v) is 12.3. The third kappa shape index (κ3) is 4.81. The molecule has 192 valence electrons. The molecule has 1 aliphatic rings. The summed E-state index contributed by atoms with van der Waals surface area (Å²) in [6.07, 6.45) is 0.883. The second-order valence-electron chi connectivity index (χ2n) is 8.05. The number of ether oxygens (including phenoxy) is 1. The van der Waals surface area contributed by atoms with Gasteiger partial charge in [-0.25, -0.2) is 9.38 Å². The molecule has 0 radical (unpaired) electrons. The van der Waals surface area contributed by atoms with Gasteiger partial charge in [0.2, 0.25) is 0 Å². The summed E-state index contributed by atoms with van der Waals surface area (Å²) in [4.78, 5) is 19.2. The van der Waals surface area contributed by atoms with Gasteiger partial charge in [0, 0.05) is 18.2 Å². The molecule has 0 saturated carbocycles. The normalized spacial score (nSPS) is 17.0. The Bertz CT molecular complexity index is 1570. The van der Waals surface area contributed by atoms with Crippen LogP contribution in [-0.4, -0.2) is 45.6 Å². The van der Waals surface area contributed by atoms with E-state index in [2.05, 4.69) is 4.99 Å². The van der Waals surface area contributed by atoms with Crippen molar-refractivity contribution < 1.29 is 26.5 Å². The molecule has 37 heavy (non-hydrogen) atoms. The predicted molar refractivity (Wildman–Crippen MR) is 137 cm³/mol. The number of carbonyl (C=O) groups excluding carboxylic acids is 1. The van der Waals surface area contributed by atoms with Gasteiger partial charge in [-0.3, -0.25) is 9.69 Å². The second-order valence-corrected chi connectivity index (χ2v) is 9.62. The van der Waals surface area contributed by atoms with Gasteiger partial charge in [0.05, 0.1) is 18.9 Å². The fourth-order valence-corrected chi connectivity index (χ4v) is 4.62. The number of nitrogens with zero attached hydrogens (tertiary/aromatic N) is 3. The number of likely N-dealkylation sites (N-methyl/N-ethyl adjacent to an activating group) is 1. The number of hydrogen-bond acceptors (Lipinski definition) is 8. The number of methoxy groups -OCH3 is 1. The van der Waals surface area contributed by atoms with E-state index >= 15 is 4.39 Å². The first-order chi connectivity index (χ1) is 17.0. The summed E-state index contributed by atoms with van der Waals surface area (Å²) in [5, 5.41) is 10.2. The largest absolute Gasteiger partial charge is 0.497 e. The molecule has 3 aromatic rings. The molecule has 9 nitrogen and oxygen atoms in total. The van der Waals surface area contributed by atoms with E-state index in [0.717, 1.165) is 17.2 Å². The molecule has 1 unspecified atom stereocenters. The van der Waals surface area contributed by atoms with Gasteiger partial charge in [-0.05, 0) is 41.5 Å². The van der Waals surface area contributed by atoms with Crippen LogP contribution in [0.15, 0.2) is 65.7 Å². The number of rotatable bonds is 6. The Morgan fingerprint density at radius 3 is 2.38 bits per heavy atom. The van der Waals surface area contributed by atoms with Crippen LogP contribution in [0, 0.1) is 17.1 Å². The third-order valence-electron chi connectivity index (χ3n) is 5.75. The average Bonchev–Trinajstić information content (AvgIpc) is 3.07. The zero-order valence-electron chi connectivity index (χ0n) is 19.9. The van der Waals surface area contributed by atoms with E-state index in [0.29, 0.717) is 11.3 Å². The number of amides is 1. The predicted octanol–water partition coefficient (Wildman–Crippen LogP) is 3.16. The zero-order chi connectivity index (χ0) is 26.3. The lowest BCUT2D eigenvalue weighted by Gasteiger charge is -2.28. The van der Waals surface area contributed by atoms with Gasteiger partial charge in [-0.1, -0.05) is 30.3 Å². The molecule has 1 amide bonds. The minimum absolute atomic E-state index is 0. The maximum atomic E-state index is 15.2. The molecule has 0 aromatic heterocycles. The van der Waals surface area contributed by atoms with Crippen molar-refractivity contribution in [1.82, 2.24) is 4.90 Å². The van der Waals surface area contributed by atoms with Crippen molar-refractivity contribution in [2.75, 3.05) is 20.4 Å². The van der Waals surface area contributed by atoms with Crippen LogP contribution in [-0.2, 0) is 20.5 Å². The molecule has 0 spiro atoms. The number of carbonyl (C=O) groups is 1. The quantitative estimate of drug-likeness (QED) is 0.471. The number of hydrogen-bond donors (Lipinski definition) is 1. The van der Waals surface area contributed by atoms with Crippen LogP contribution in [0.5, 0.6) is 11.5 Å². The third-order valence-corrected chi connectivity index (χ3v) is 6.25. The summed E-state index contributed by atoms with van der Waals surface area (Å²) in [6, 6.07) is 16.7. The van der Waals surface area contributed by atoms with Gasteiger partial charge in [0.25, 0.3) is 5.91 Å². The van der Waals surface area contributed by atoms with Crippen molar-refractivity contribution in [2.45, 2.75) is 5.54 Å². The van der Waals surface area contributed by atoms with E-state index in [1.54, 1.807) is 24.3 Å². The molecule has 0 aliphatic carbocycles. The Labute approximate surface area is 219 Å². The van der Waals surface area contributed by atoms with E-state index in [1.165, 1.54) is 44.5 Å². The van der Waals surface area contributed by atoms with Crippen LogP contribution >= 0.6 is 12.4 Å². The second kappa shape index (κ2) is 10.1. The van der Waals surface area contributed by atoms with Crippen molar-refractivity contribution in [3.05, 3.63) is 83.2 Å². The van der Waals surface area contributed by atoms with Gasteiger partial charge in [0.1, 0.15) is 23.4 Å². The monoisotopic (exact) mass is 544 g/mol. The molecule has 1 atom stereocenters. The van der Waals surface area contributed by atoms with E-state index < -0.39 is 27.4 Å². The van der Waals surface area contributed by atoms with Crippen LogP contribution in [0.4, 0.5) is 4.39 Å².